The summed E-state index contributed by atoms with van der Waals surface area (Å²) in [6, 6.07) is 5.51. The highest BCUT2D eigenvalue weighted by molar-refractivity contribution is 5.87. The average Bonchev–Trinajstić information content (AvgIpc) is 2.12. The van der Waals surface area contributed by atoms with Crippen LogP contribution >= 0.6 is 0 Å². The predicted octanol–water partition coefficient (Wildman–Crippen LogP) is 2.56. The average molecular weight is 173 g/mol. The number of hydrogen-bond acceptors (Lipinski definition) is 2. The maximum absolute atomic E-state index is 9.55. The molecule has 0 unspecified atom stereocenters. The molecule has 0 saturated carbocycles. The normalized spacial score (nSPS) is 10.6. The van der Waals surface area contributed by atoms with Gasteiger partial charge in [0, 0.05) is 11.6 Å². The van der Waals surface area contributed by atoms with Crippen molar-refractivity contribution in [2.24, 2.45) is 0 Å². The summed E-state index contributed by atoms with van der Waals surface area (Å²) in [7, 11) is 0. The Hall–Kier alpha value is -1.57. The van der Waals surface area contributed by atoms with Gasteiger partial charge in [-0.05, 0) is 37.1 Å². The van der Waals surface area contributed by atoms with E-state index in [1.165, 1.54) is 5.56 Å². The zero-order valence-corrected chi connectivity index (χ0v) is 7.70. The molecule has 2 aromatic rings. The fraction of sp³-hybridized carbons (Fsp3) is 0.182. The largest absolute Gasteiger partial charge is 0.507 e. The van der Waals surface area contributed by atoms with Gasteiger partial charge in [-0.15, -0.1) is 0 Å². The lowest BCUT2D eigenvalue weighted by atomic mass is 10.1. The first-order chi connectivity index (χ1) is 6.20. The summed E-state index contributed by atoms with van der Waals surface area (Å²) in [6.45, 7) is 4.06. The minimum atomic E-state index is 0.299. The lowest BCUT2D eigenvalue weighted by Gasteiger charge is -2.05. The Kier molecular flexibility index (Phi) is 1.69. The molecule has 0 radical (unpaired) electrons. The third-order valence-corrected chi connectivity index (χ3v) is 2.41. The molecule has 13 heavy (non-hydrogen) atoms. The van der Waals surface area contributed by atoms with E-state index in [9.17, 15) is 5.11 Å². The molecular formula is C11H11NO. The fourth-order valence-corrected chi connectivity index (χ4v) is 1.45. The van der Waals surface area contributed by atoms with Crippen LogP contribution in [0, 0.1) is 13.8 Å². The highest BCUT2D eigenvalue weighted by atomic mass is 16.3. The van der Waals surface area contributed by atoms with E-state index in [2.05, 4.69) is 4.98 Å². The number of nitrogens with zero attached hydrogens (tertiary/aromatic N) is 1. The molecule has 0 saturated heterocycles. The third kappa shape index (κ3) is 1.15. The van der Waals surface area contributed by atoms with Crippen molar-refractivity contribution in [3.63, 3.8) is 0 Å². The van der Waals surface area contributed by atoms with Gasteiger partial charge in [-0.1, -0.05) is 6.07 Å². The topological polar surface area (TPSA) is 33.1 Å². The van der Waals surface area contributed by atoms with Crippen LogP contribution in [0.15, 0.2) is 24.4 Å². The summed E-state index contributed by atoms with van der Waals surface area (Å²) in [5.74, 6) is 0.299. The Labute approximate surface area is 76.9 Å². The number of aromatic nitrogens is 1. The molecule has 66 valence electrons. The minimum Gasteiger partial charge on any atom is -0.507 e. The zero-order chi connectivity index (χ0) is 9.42. The molecule has 1 aromatic carbocycles. The first kappa shape index (κ1) is 8.05. The van der Waals surface area contributed by atoms with E-state index in [-0.39, 0.29) is 0 Å². The minimum absolute atomic E-state index is 0.299. The van der Waals surface area contributed by atoms with Crippen LogP contribution in [-0.4, -0.2) is 10.1 Å². The quantitative estimate of drug-likeness (QED) is 0.664. The van der Waals surface area contributed by atoms with Crippen molar-refractivity contribution in [3.8, 4) is 5.75 Å². The van der Waals surface area contributed by atoms with Gasteiger partial charge in [-0.2, -0.15) is 0 Å². The van der Waals surface area contributed by atoms with E-state index in [1.807, 2.05) is 26.0 Å². The smallest absolute Gasteiger partial charge is 0.126 e. The molecule has 0 aliphatic heterocycles. The molecule has 1 heterocycles. The molecule has 2 rings (SSSR count). The van der Waals surface area contributed by atoms with Crippen LogP contribution in [0.25, 0.3) is 10.9 Å². The molecule has 0 aliphatic rings. The number of benzene rings is 1. The Morgan fingerprint density at radius 3 is 2.69 bits per heavy atom. The van der Waals surface area contributed by atoms with Gasteiger partial charge in [0.15, 0.2) is 0 Å². The molecule has 0 bridgehead atoms. The highest BCUT2D eigenvalue weighted by Gasteiger charge is 2.03. The van der Waals surface area contributed by atoms with Crippen molar-refractivity contribution in [2.75, 3.05) is 0 Å². The van der Waals surface area contributed by atoms with Crippen LogP contribution in [0.5, 0.6) is 5.75 Å². The maximum atomic E-state index is 9.55. The van der Waals surface area contributed by atoms with Crippen molar-refractivity contribution in [2.45, 2.75) is 13.8 Å². The van der Waals surface area contributed by atoms with Gasteiger partial charge in [-0.25, -0.2) is 0 Å². The molecule has 0 aliphatic carbocycles. The van der Waals surface area contributed by atoms with Gasteiger partial charge in [0.05, 0.1) is 5.52 Å². The Balaban J connectivity index is 2.94. The Bertz CT molecular complexity index is 463. The summed E-state index contributed by atoms with van der Waals surface area (Å²) in [5.41, 5.74) is 3.22. The van der Waals surface area contributed by atoms with E-state index in [0.29, 0.717) is 5.75 Å². The van der Waals surface area contributed by atoms with Gasteiger partial charge < -0.3 is 5.11 Å². The zero-order valence-electron chi connectivity index (χ0n) is 7.70. The molecule has 0 atom stereocenters. The van der Waals surface area contributed by atoms with Crippen LogP contribution in [-0.2, 0) is 0 Å². The lowest BCUT2D eigenvalue weighted by Crippen LogP contribution is -1.86. The van der Waals surface area contributed by atoms with Gasteiger partial charge in [0.2, 0.25) is 0 Å². The first-order valence-electron chi connectivity index (χ1n) is 4.24. The summed E-state index contributed by atoms with van der Waals surface area (Å²) in [4.78, 5) is 4.24. The predicted molar refractivity (Wildman–Crippen MR) is 52.9 cm³/mol. The number of aryl methyl sites for hydroxylation is 2. The van der Waals surface area contributed by atoms with E-state index < -0.39 is 0 Å². The second-order valence-electron chi connectivity index (χ2n) is 3.23. The van der Waals surface area contributed by atoms with Gasteiger partial charge in [0.1, 0.15) is 5.75 Å². The van der Waals surface area contributed by atoms with Crippen LogP contribution in [0.1, 0.15) is 11.1 Å². The molecule has 0 spiro atoms. The van der Waals surface area contributed by atoms with Gasteiger partial charge in [0.25, 0.3) is 0 Å². The van der Waals surface area contributed by atoms with E-state index in [4.69, 9.17) is 0 Å². The molecule has 1 aromatic heterocycles. The second-order valence-corrected chi connectivity index (χ2v) is 3.23. The highest BCUT2D eigenvalue weighted by Crippen LogP contribution is 2.26. The van der Waals surface area contributed by atoms with E-state index in [1.54, 1.807) is 12.3 Å². The monoisotopic (exact) mass is 173 g/mol. The molecule has 2 nitrogen and oxygen atoms in total. The number of hydrogen-bond donors (Lipinski definition) is 1. The van der Waals surface area contributed by atoms with Crippen LogP contribution in [0.2, 0.25) is 0 Å². The molecule has 0 fully saturated rings. The van der Waals surface area contributed by atoms with Crippen LogP contribution < -0.4 is 0 Å². The van der Waals surface area contributed by atoms with E-state index in [0.717, 1.165) is 16.5 Å². The summed E-state index contributed by atoms with van der Waals surface area (Å²) in [6.07, 6.45) is 1.63. The van der Waals surface area contributed by atoms with E-state index >= 15 is 0 Å². The third-order valence-electron chi connectivity index (χ3n) is 2.41. The lowest BCUT2D eigenvalue weighted by molar-refractivity contribution is 0.481. The summed E-state index contributed by atoms with van der Waals surface area (Å²) < 4.78 is 0. The summed E-state index contributed by atoms with van der Waals surface area (Å²) in [5, 5.41) is 10.4. The number of fused-ring (bicyclic) bond motifs is 1. The Morgan fingerprint density at radius 1 is 1.15 bits per heavy atom. The first-order valence-corrected chi connectivity index (χ1v) is 4.24. The van der Waals surface area contributed by atoms with Crippen molar-refractivity contribution in [1.29, 1.82) is 0 Å². The molecular weight excluding hydrogens is 162 g/mol. The van der Waals surface area contributed by atoms with Gasteiger partial charge in [-0.3, -0.25) is 4.98 Å². The maximum Gasteiger partial charge on any atom is 0.126 e. The number of aromatic hydroxyl groups is 1. The Morgan fingerprint density at radius 2 is 1.92 bits per heavy atom. The standard InChI is InChI=1S/C11H11NO/c1-7-3-4-9-10(13)5-6-12-11(9)8(7)2/h3-6H,1-2H3,(H,12,13). The summed E-state index contributed by atoms with van der Waals surface area (Å²) >= 11 is 0. The van der Waals surface area contributed by atoms with Crippen molar-refractivity contribution >= 4 is 10.9 Å². The molecule has 2 heteroatoms. The van der Waals surface area contributed by atoms with Crippen LogP contribution in [0.3, 0.4) is 0 Å². The van der Waals surface area contributed by atoms with Crippen molar-refractivity contribution < 1.29 is 5.11 Å². The van der Waals surface area contributed by atoms with Gasteiger partial charge >= 0.3 is 0 Å². The second kappa shape index (κ2) is 2.73. The molecule has 0 amide bonds. The van der Waals surface area contributed by atoms with Crippen LogP contribution in [0.4, 0.5) is 0 Å². The fourth-order valence-electron chi connectivity index (χ4n) is 1.45. The van der Waals surface area contributed by atoms with Crippen molar-refractivity contribution in [1.82, 2.24) is 4.98 Å². The number of pyridine rings is 1. The van der Waals surface area contributed by atoms with Crippen molar-refractivity contribution in [3.05, 3.63) is 35.5 Å². The number of rotatable bonds is 0. The molecule has 1 N–H and O–H groups in total. The SMILES string of the molecule is Cc1ccc2c(O)ccnc2c1C.